The van der Waals surface area contributed by atoms with Crippen LogP contribution in [0.5, 0.6) is 0 Å². The first-order chi connectivity index (χ1) is 17.7. The van der Waals surface area contributed by atoms with Gasteiger partial charge in [0.15, 0.2) is 0 Å². The number of nitrogens with one attached hydrogen (secondary N) is 1. The van der Waals surface area contributed by atoms with E-state index in [4.69, 9.17) is 4.98 Å². The molecule has 0 radical (unpaired) electrons. The summed E-state index contributed by atoms with van der Waals surface area (Å²) in [6, 6.07) is 11.3. The third-order valence-corrected chi connectivity index (χ3v) is 5.08. The molecule has 0 atom stereocenters. The van der Waals surface area contributed by atoms with Crippen molar-refractivity contribution < 1.29 is 0 Å². The van der Waals surface area contributed by atoms with Gasteiger partial charge in [-0.3, -0.25) is 14.4 Å². The van der Waals surface area contributed by atoms with E-state index in [1.165, 1.54) is 0 Å². The van der Waals surface area contributed by atoms with Gasteiger partial charge in [0.05, 0.1) is 10.9 Å². The second-order valence-electron chi connectivity index (χ2n) is 7.48. The van der Waals surface area contributed by atoms with Gasteiger partial charge in [-0.2, -0.15) is 0 Å². The van der Waals surface area contributed by atoms with Crippen LogP contribution in [0.1, 0.15) is 51.2 Å². The van der Waals surface area contributed by atoms with E-state index >= 15 is 0 Å². The Hall–Kier alpha value is -4.00. The van der Waals surface area contributed by atoms with Crippen molar-refractivity contribution in [3.8, 4) is 23.7 Å². The third-order valence-electron chi connectivity index (χ3n) is 5.08. The molecule has 6 heteroatoms. The summed E-state index contributed by atoms with van der Waals surface area (Å²) >= 11 is 0. The number of nitrogens with zero attached hydrogens (tertiary/aromatic N) is 4. The van der Waals surface area contributed by atoms with Crippen LogP contribution in [-0.2, 0) is 13.0 Å². The van der Waals surface area contributed by atoms with E-state index in [1.807, 2.05) is 62.4 Å². The predicted octanol–water partition coefficient (Wildman–Crippen LogP) is 4.41. The Morgan fingerprint density at radius 2 is 2.03 bits per heavy atom. The largest absolute Gasteiger partial charge is 0.315 e. The highest BCUT2D eigenvalue weighted by Gasteiger charge is 2.13. The molecule has 0 spiro atoms. The molecule has 6 nitrogen and oxygen atoms in total. The third kappa shape index (κ3) is 8.34. The summed E-state index contributed by atoms with van der Waals surface area (Å²) in [5, 5.41) is 3.95. The summed E-state index contributed by atoms with van der Waals surface area (Å²) in [6.45, 7) is 10.2. The Morgan fingerprint density at radius 1 is 1.19 bits per heavy atom. The van der Waals surface area contributed by atoms with Crippen molar-refractivity contribution in [2.45, 2.75) is 47.1 Å². The highest BCUT2D eigenvalue weighted by molar-refractivity contribution is 6.09. The number of allylic oxidation sites excluding steroid dienone is 2. The first kappa shape index (κ1) is 28.2. The SMILES string of the molecule is CC.CC#Cc1ccccn1.CC/C=C\C(C#Cc1ccc2c(=O)n3c(nc2c1)CCNCC3)=NC. The topological polar surface area (TPSA) is 72.2 Å². The summed E-state index contributed by atoms with van der Waals surface area (Å²) < 4.78 is 1.78. The average Bonchev–Trinajstić information content (AvgIpc) is 3.17. The van der Waals surface area contributed by atoms with Crippen molar-refractivity contribution >= 4 is 16.6 Å². The summed E-state index contributed by atoms with van der Waals surface area (Å²) in [6.07, 6.45) is 7.40. The molecule has 0 amide bonds. The molecule has 36 heavy (non-hydrogen) atoms. The Labute approximate surface area is 214 Å². The summed E-state index contributed by atoms with van der Waals surface area (Å²) in [4.78, 5) is 25.6. The van der Waals surface area contributed by atoms with Crippen molar-refractivity contribution in [1.82, 2.24) is 19.9 Å². The first-order valence-corrected chi connectivity index (χ1v) is 12.4. The maximum atomic E-state index is 12.7. The molecule has 3 aromatic rings. The van der Waals surface area contributed by atoms with Crippen LogP contribution in [0.4, 0.5) is 0 Å². The molecule has 0 fully saturated rings. The minimum Gasteiger partial charge on any atom is -0.315 e. The van der Waals surface area contributed by atoms with Crippen LogP contribution in [0, 0.1) is 23.7 Å². The van der Waals surface area contributed by atoms with Gasteiger partial charge >= 0.3 is 0 Å². The van der Waals surface area contributed by atoms with Crippen LogP contribution < -0.4 is 10.9 Å². The van der Waals surface area contributed by atoms with E-state index in [9.17, 15) is 4.79 Å². The summed E-state index contributed by atoms with van der Waals surface area (Å²) in [5.41, 5.74) is 3.15. The standard InChI is InChI=1S/C20H22N4O.C8H7N.C2H6/c1-3-4-5-16(21-2)8-6-15-7-9-17-18(14-15)23-19-10-11-22-12-13-24(19)20(17)25;1-2-5-8-6-3-4-7-9-8;1-2/h4-5,7,9,14,22H,3,10-13H2,1-2H3;3-4,6-7H,1H3;1-2H3/b5-4-,21-16?;;. The maximum absolute atomic E-state index is 12.7. The van der Waals surface area contributed by atoms with Gasteiger partial charge in [-0.1, -0.05) is 44.8 Å². The number of hydrogen-bond acceptors (Lipinski definition) is 5. The molecule has 0 bridgehead atoms. The lowest BCUT2D eigenvalue weighted by Gasteiger charge is -2.09. The fourth-order valence-electron chi connectivity index (χ4n) is 3.38. The van der Waals surface area contributed by atoms with E-state index in [-0.39, 0.29) is 5.56 Å². The number of hydrogen-bond donors (Lipinski definition) is 1. The molecule has 186 valence electrons. The van der Waals surface area contributed by atoms with Gasteiger partial charge in [-0.25, -0.2) is 9.97 Å². The molecule has 0 aliphatic carbocycles. The second-order valence-corrected chi connectivity index (χ2v) is 7.48. The zero-order valence-electron chi connectivity index (χ0n) is 21.9. The molecular formula is C30H35N5O. The Balaban J connectivity index is 0.000000347. The van der Waals surface area contributed by atoms with Gasteiger partial charge in [0, 0.05) is 44.9 Å². The molecule has 1 aliphatic rings. The molecule has 3 heterocycles. The Bertz CT molecular complexity index is 1360. The van der Waals surface area contributed by atoms with Crippen LogP contribution in [0.25, 0.3) is 10.9 Å². The lowest BCUT2D eigenvalue weighted by Crippen LogP contribution is -2.26. The van der Waals surface area contributed by atoms with Gasteiger partial charge < -0.3 is 5.32 Å². The lowest BCUT2D eigenvalue weighted by atomic mass is 10.1. The monoisotopic (exact) mass is 481 g/mol. The molecule has 4 rings (SSSR count). The van der Waals surface area contributed by atoms with Gasteiger partial charge in [0.1, 0.15) is 17.2 Å². The lowest BCUT2D eigenvalue weighted by molar-refractivity contribution is 0.627. The smallest absolute Gasteiger partial charge is 0.261 e. The molecule has 0 saturated carbocycles. The number of fused-ring (bicyclic) bond motifs is 2. The van der Waals surface area contributed by atoms with Crippen molar-refractivity contribution in [3.05, 3.63) is 82.2 Å². The van der Waals surface area contributed by atoms with Crippen molar-refractivity contribution in [2.75, 3.05) is 20.1 Å². The van der Waals surface area contributed by atoms with Crippen LogP contribution in [-0.4, -0.2) is 40.4 Å². The van der Waals surface area contributed by atoms with E-state index < -0.39 is 0 Å². The Kier molecular flexibility index (Phi) is 12.4. The molecule has 2 aromatic heterocycles. The van der Waals surface area contributed by atoms with E-state index in [1.54, 1.807) is 24.7 Å². The van der Waals surface area contributed by atoms with Gasteiger partial charge in [-0.05, 0) is 61.6 Å². The number of pyridine rings is 1. The zero-order valence-corrected chi connectivity index (χ0v) is 21.9. The number of rotatable bonds is 2. The minimum absolute atomic E-state index is 0.0323. The van der Waals surface area contributed by atoms with Crippen LogP contribution in [0.3, 0.4) is 0 Å². The van der Waals surface area contributed by atoms with Crippen LogP contribution in [0.15, 0.2) is 64.5 Å². The van der Waals surface area contributed by atoms with Crippen molar-refractivity contribution in [3.63, 3.8) is 0 Å². The fraction of sp³-hybridized carbons (Fsp3) is 0.333. The Morgan fingerprint density at radius 3 is 2.72 bits per heavy atom. The summed E-state index contributed by atoms with van der Waals surface area (Å²) in [5.74, 6) is 12.6. The maximum Gasteiger partial charge on any atom is 0.261 e. The van der Waals surface area contributed by atoms with E-state index in [0.717, 1.165) is 48.7 Å². The predicted molar refractivity (Wildman–Crippen MR) is 150 cm³/mol. The summed E-state index contributed by atoms with van der Waals surface area (Å²) in [7, 11) is 1.73. The highest BCUT2D eigenvalue weighted by Crippen LogP contribution is 2.12. The molecule has 1 aliphatic heterocycles. The number of aromatic nitrogens is 3. The molecule has 1 N–H and O–H groups in total. The fourth-order valence-corrected chi connectivity index (χ4v) is 3.38. The second kappa shape index (κ2) is 15.8. The quantitative estimate of drug-likeness (QED) is 0.435. The van der Waals surface area contributed by atoms with Crippen molar-refractivity contribution in [2.24, 2.45) is 4.99 Å². The highest BCUT2D eigenvalue weighted by atomic mass is 16.1. The molecule has 0 unspecified atom stereocenters. The van der Waals surface area contributed by atoms with Gasteiger partial charge in [0.2, 0.25) is 0 Å². The minimum atomic E-state index is 0.0323. The van der Waals surface area contributed by atoms with E-state index in [0.29, 0.717) is 17.4 Å². The van der Waals surface area contributed by atoms with Crippen molar-refractivity contribution in [1.29, 1.82) is 0 Å². The van der Waals surface area contributed by atoms with Gasteiger partial charge in [-0.15, -0.1) is 0 Å². The van der Waals surface area contributed by atoms with Crippen LogP contribution in [0.2, 0.25) is 0 Å². The zero-order chi connectivity index (χ0) is 26.2. The normalized spacial score (nSPS) is 12.4. The van der Waals surface area contributed by atoms with Crippen LogP contribution >= 0.6 is 0 Å². The number of aliphatic imine (C=N–C) groups is 1. The number of benzene rings is 1. The molecule has 1 aromatic carbocycles. The molecule has 0 saturated heterocycles. The van der Waals surface area contributed by atoms with Gasteiger partial charge in [0.25, 0.3) is 5.56 Å². The van der Waals surface area contributed by atoms with E-state index in [2.05, 4.69) is 45.9 Å². The first-order valence-electron chi connectivity index (χ1n) is 12.4. The average molecular weight is 482 g/mol. The molecular weight excluding hydrogens is 446 g/mol.